The Kier molecular flexibility index (Phi) is 5.41. The fraction of sp³-hybridized carbons (Fsp3) is 0.412. The largest absolute Gasteiger partial charge is 0.444 e. The lowest BCUT2D eigenvalue weighted by Gasteiger charge is -2.20. The molecule has 1 N–H and O–H groups in total. The molecule has 0 bridgehead atoms. The molecular weight excluding hydrogens is 326 g/mol. The van der Waals surface area contributed by atoms with E-state index in [-0.39, 0.29) is 5.89 Å². The molecule has 2 rings (SSSR count). The highest BCUT2D eigenvalue weighted by Gasteiger charge is 2.21. The lowest BCUT2D eigenvalue weighted by Crippen LogP contribution is -2.34. The average molecular weight is 347 g/mol. The van der Waals surface area contributed by atoms with Gasteiger partial charge in [0.05, 0.1) is 0 Å². The number of esters is 1. The van der Waals surface area contributed by atoms with Crippen LogP contribution in [-0.2, 0) is 9.53 Å². The molecule has 2 aromatic rings. The van der Waals surface area contributed by atoms with E-state index in [0.29, 0.717) is 17.1 Å². The van der Waals surface area contributed by atoms with Gasteiger partial charge in [0.25, 0.3) is 0 Å². The summed E-state index contributed by atoms with van der Waals surface area (Å²) in [6.45, 7) is 8.36. The van der Waals surface area contributed by atoms with Gasteiger partial charge in [-0.05, 0) is 39.8 Å². The number of nitrogens with zero attached hydrogens (tertiary/aromatic N) is 2. The van der Waals surface area contributed by atoms with E-state index in [1.165, 1.54) is 6.92 Å². The predicted octanol–water partition coefficient (Wildman–Crippen LogP) is 3.25. The molecule has 25 heavy (non-hydrogen) atoms. The second kappa shape index (κ2) is 7.33. The van der Waals surface area contributed by atoms with Crippen molar-refractivity contribution in [2.24, 2.45) is 0 Å². The number of hydrogen-bond acceptors (Lipinski definition) is 7. The van der Waals surface area contributed by atoms with Gasteiger partial charge in [0.15, 0.2) is 0 Å². The zero-order valence-corrected chi connectivity index (χ0v) is 14.8. The van der Waals surface area contributed by atoms with Crippen LogP contribution < -0.4 is 10.1 Å². The molecular formula is C17H21N3O5. The predicted molar refractivity (Wildman–Crippen MR) is 88.8 cm³/mol. The Labute approximate surface area is 145 Å². The molecule has 1 amide bonds. The summed E-state index contributed by atoms with van der Waals surface area (Å²) in [5.41, 5.74) is 0.0271. The summed E-state index contributed by atoms with van der Waals surface area (Å²) in [6, 6.07) is 6.23. The Morgan fingerprint density at radius 1 is 1.28 bits per heavy atom. The van der Waals surface area contributed by atoms with E-state index >= 15 is 0 Å². The lowest BCUT2D eigenvalue weighted by molar-refractivity contribution is -0.131. The number of aromatic nitrogens is 2. The van der Waals surface area contributed by atoms with Crippen molar-refractivity contribution in [1.29, 1.82) is 0 Å². The Morgan fingerprint density at radius 3 is 2.64 bits per heavy atom. The van der Waals surface area contributed by atoms with Crippen LogP contribution in [0.3, 0.4) is 0 Å². The van der Waals surface area contributed by atoms with Gasteiger partial charge in [0.1, 0.15) is 17.4 Å². The van der Waals surface area contributed by atoms with Gasteiger partial charge in [0, 0.05) is 12.5 Å². The molecule has 1 atom stereocenters. The van der Waals surface area contributed by atoms with E-state index in [2.05, 4.69) is 15.5 Å². The topological polar surface area (TPSA) is 104 Å². The highest BCUT2D eigenvalue weighted by Crippen LogP contribution is 2.23. The van der Waals surface area contributed by atoms with Crippen molar-refractivity contribution in [3.05, 3.63) is 30.2 Å². The smallest absolute Gasteiger partial charge is 0.408 e. The SMILES string of the molecule is CC(=O)Oc1cccc(-c2noc(C(C)NC(=O)OC(C)(C)C)n2)c1. The Balaban J connectivity index is 2.09. The first-order valence-electron chi connectivity index (χ1n) is 7.76. The third-order valence-electron chi connectivity index (χ3n) is 2.90. The first kappa shape index (κ1) is 18.4. The van der Waals surface area contributed by atoms with E-state index in [1.807, 2.05) is 0 Å². The normalized spacial score (nSPS) is 12.4. The summed E-state index contributed by atoms with van der Waals surface area (Å²) in [4.78, 5) is 27.1. The number of carbonyl (C=O) groups is 2. The summed E-state index contributed by atoms with van der Waals surface area (Å²) in [5.74, 6) is 0.526. The zero-order valence-electron chi connectivity index (χ0n) is 14.8. The summed E-state index contributed by atoms with van der Waals surface area (Å²) in [6.07, 6.45) is -0.573. The van der Waals surface area contributed by atoms with E-state index in [4.69, 9.17) is 14.0 Å². The maximum Gasteiger partial charge on any atom is 0.408 e. The van der Waals surface area contributed by atoms with Crippen LogP contribution in [0.5, 0.6) is 5.75 Å². The van der Waals surface area contributed by atoms with E-state index in [9.17, 15) is 9.59 Å². The molecule has 1 unspecified atom stereocenters. The van der Waals surface area contributed by atoms with Gasteiger partial charge in [-0.15, -0.1) is 0 Å². The fourth-order valence-corrected chi connectivity index (χ4v) is 1.94. The summed E-state index contributed by atoms with van der Waals surface area (Å²) in [7, 11) is 0. The van der Waals surface area contributed by atoms with Crippen LogP contribution in [0.4, 0.5) is 4.79 Å². The van der Waals surface area contributed by atoms with Crippen LogP contribution in [0.15, 0.2) is 28.8 Å². The maximum absolute atomic E-state index is 11.8. The van der Waals surface area contributed by atoms with Gasteiger partial charge in [-0.25, -0.2) is 4.79 Å². The monoisotopic (exact) mass is 347 g/mol. The van der Waals surface area contributed by atoms with Gasteiger partial charge < -0.3 is 19.3 Å². The van der Waals surface area contributed by atoms with Crippen molar-refractivity contribution < 1.29 is 23.6 Å². The molecule has 1 heterocycles. The Hall–Kier alpha value is -2.90. The van der Waals surface area contributed by atoms with E-state index in [0.717, 1.165) is 0 Å². The molecule has 1 aromatic carbocycles. The third kappa shape index (κ3) is 5.59. The minimum Gasteiger partial charge on any atom is -0.444 e. The van der Waals surface area contributed by atoms with Crippen LogP contribution in [0.1, 0.15) is 46.6 Å². The van der Waals surface area contributed by atoms with Gasteiger partial charge in [-0.3, -0.25) is 4.79 Å². The van der Waals surface area contributed by atoms with Crippen molar-refractivity contribution in [2.75, 3.05) is 0 Å². The van der Waals surface area contributed by atoms with Crippen molar-refractivity contribution in [2.45, 2.75) is 46.3 Å². The van der Waals surface area contributed by atoms with Crippen LogP contribution >= 0.6 is 0 Å². The van der Waals surface area contributed by atoms with Crippen molar-refractivity contribution >= 4 is 12.1 Å². The minimum absolute atomic E-state index is 0.235. The number of carbonyl (C=O) groups excluding carboxylic acids is 2. The molecule has 0 fully saturated rings. The molecule has 134 valence electrons. The molecule has 8 heteroatoms. The van der Waals surface area contributed by atoms with Crippen molar-refractivity contribution in [1.82, 2.24) is 15.5 Å². The lowest BCUT2D eigenvalue weighted by atomic mass is 10.2. The highest BCUT2D eigenvalue weighted by molar-refractivity contribution is 5.70. The number of nitrogens with one attached hydrogen (secondary N) is 1. The second-order valence-electron chi connectivity index (χ2n) is 6.45. The number of rotatable bonds is 4. The molecule has 0 spiro atoms. The van der Waals surface area contributed by atoms with Crippen LogP contribution in [0.2, 0.25) is 0 Å². The van der Waals surface area contributed by atoms with E-state index in [1.54, 1.807) is 52.0 Å². The first-order valence-corrected chi connectivity index (χ1v) is 7.76. The number of hydrogen-bond donors (Lipinski definition) is 1. The van der Waals surface area contributed by atoms with E-state index < -0.39 is 23.7 Å². The first-order chi connectivity index (χ1) is 11.6. The Morgan fingerprint density at radius 2 is 2.00 bits per heavy atom. The van der Waals surface area contributed by atoms with Crippen molar-refractivity contribution in [3.8, 4) is 17.1 Å². The zero-order chi connectivity index (χ0) is 18.6. The molecule has 0 aliphatic heterocycles. The molecule has 1 aromatic heterocycles. The van der Waals surface area contributed by atoms with Gasteiger partial charge in [0.2, 0.25) is 11.7 Å². The number of benzene rings is 1. The maximum atomic E-state index is 11.8. The molecule has 0 saturated heterocycles. The second-order valence-corrected chi connectivity index (χ2v) is 6.45. The van der Waals surface area contributed by atoms with Crippen molar-refractivity contribution in [3.63, 3.8) is 0 Å². The summed E-state index contributed by atoms with van der Waals surface area (Å²) < 4.78 is 15.4. The summed E-state index contributed by atoms with van der Waals surface area (Å²) >= 11 is 0. The number of alkyl carbamates (subject to hydrolysis) is 1. The van der Waals surface area contributed by atoms with Gasteiger partial charge >= 0.3 is 12.1 Å². The average Bonchev–Trinajstić information content (AvgIpc) is 2.94. The van der Waals surface area contributed by atoms with Gasteiger partial charge in [-0.1, -0.05) is 17.3 Å². The summed E-state index contributed by atoms with van der Waals surface area (Å²) in [5, 5.41) is 6.52. The third-order valence-corrected chi connectivity index (χ3v) is 2.90. The minimum atomic E-state index is -0.596. The standard InChI is InChI=1S/C17H21N3O5/c1-10(18-16(22)24-17(3,4)5)15-19-14(20-25-15)12-7-6-8-13(9-12)23-11(2)21/h6-10H,1-5H3,(H,18,22). The Bertz CT molecular complexity index is 764. The molecule has 0 aliphatic carbocycles. The fourth-order valence-electron chi connectivity index (χ4n) is 1.94. The molecule has 0 radical (unpaired) electrons. The van der Waals surface area contributed by atoms with Gasteiger partial charge in [-0.2, -0.15) is 4.98 Å². The highest BCUT2D eigenvalue weighted by atomic mass is 16.6. The van der Waals surface area contributed by atoms with Crippen LogP contribution in [-0.4, -0.2) is 27.8 Å². The molecule has 0 saturated carbocycles. The number of amides is 1. The quantitative estimate of drug-likeness (QED) is 0.669. The van der Waals surface area contributed by atoms with Crippen LogP contribution in [0.25, 0.3) is 11.4 Å². The molecule has 0 aliphatic rings. The van der Waals surface area contributed by atoms with Crippen LogP contribution in [0, 0.1) is 0 Å². The molecule has 8 nitrogen and oxygen atoms in total. The number of ether oxygens (including phenoxy) is 2.